The van der Waals surface area contributed by atoms with Crippen LogP contribution in [0.15, 0.2) is 42.5 Å². The van der Waals surface area contributed by atoms with E-state index in [9.17, 15) is 9.18 Å². The van der Waals surface area contributed by atoms with Gasteiger partial charge in [0.1, 0.15) is 18.2 Å². The predicted molar refractivity (Wildman–Crippen MR) is 86.4 cm³/mol. The Kier molecular flexibility index (Phi) is 5.71. The molecule has 2 aromatic rings. The average Bonchev–Trinajstić information content (AvgIpc) is 2.51. The molecule has 0 atom stereocenters. The zero-order chi connectivity index (χ0) is 16.8. The van der Waals surface area contributed by atoms with Gasteiger partial charge in [0.2, 0.25) is 0 Å². The highest BCUT2D eigenvalue weighted by atomic mass is 19.1. The van der Waals surface area contributed by atoms with E-state index in [-0.39, 0.29) is 11.4 Å². The molecule has 2 aromatic carbocycles. The van der Waals surface area contributed by atoms with Gasteiger partial charge in [-0.1, -0.05) is 18.2 Å². The second kappa shape index (κ2) is 7.74. The summed E-state index contributed by atoms with van der Waals surface area (Å²) < 4.78 is 19.3. The highest BCUT2D eigenvalue weighted by molar-refractivity contribution is 5.88. The van der Waals surface area contributed by atoms with Gasteiger partial charge in [0.25, 0.3) is 0 Å². The first-order valence-corrected chi connectivity index (χ1v) is 7.36. The maximum atomic E-state index is 13.6. The van der Waals surface area contributed by atoms with Crippen molar-refractivity contribution in [3.8, 4) is 5.75 Å². The molecule has 122 valence electrons. The van der Waals surface area contributed by atoms with Gasteiger partial charge in [-0.3, -0.25) is 4.90 Å². The Balaban J connectivity index is 1.85. The summed E-state index contributed by atoms with van der Waals surface area (Å²) in [5, 5.41) is 8.93. The van der Waals surface area contributed by atoms with Gasteiger partial charge >= 0.3 is 5.97 Å². The van der Waals surface area contributed by atoms with Gasteiger partial charge in [-0.2, -0.15) is 0 Å². The third-order valence-electron chi connectivity index (χ3n) is 3.55. The molecule has 0 aromatic heterocycles. The Labute approximate surface area is 135 Å². The summed E-state index contributed by atoms with van der Waals surface area (Å²) in [6, 6.07) is 11.5. The van der Waals surface area contributed by atoms with E-state index in [0.717, 1.165) is 5.56 Å². The second-order valence-electron chi connectivity index (χ2n) is 5.46. The molecule has 2 rings (SSSR count). The number of rotatable bonds is 7. The molecule has 0 unspecified atom stereocenters. The number of nitrogens with zero attached hydrogens (tertiary/aromatic N) is 1. The lowest BCUT2D eigenvalue weighted by molar-refractivity contribution is 0.0696. The van der Waals surface area contributed by atoms with Gasteiger partial charge in [-0.15, -0.1) is 0 Å². The molecule has 23 heavy (non-hydrogen) atoms. The van der Waals surface area contributed by atoms with Crippen molar-refractivity contribution >= 4 is 5.97 Å². The summed E-state index contributed by atoms with van der Waals surface area (Å²) in [5.74, 6) is -0.501. The number of aryl methyl sites for hydroxylation is 1. The molecule has 0 radical (unpaired) electrons. The molecule has 0 bridgehead atoms. The Bertz CT molecular complexity index is 688. The molecule has 0 amide bonds. The van der Waals surface area contributed by atoms with E-state index in [1.54, 1.807) is 24.3 Å². The van der Waals surface area contributed by atoms with Crippen molar-refractivity contribution in [2.45, 2.75) is 13.5 Å². The Morgan fingerprint density at radius 2 is 2.00 bits per heavy atom. The maximum absolute atomic E-state index is 13.6. The molecule has 0 saturated carbocycles. The van der Waals surface area contributed by atoms with Crippen LogP contribution < -0.4 is 4.74 Å². The quantitative estimate of drug-likeness (QED) is 0.851. The first kappa shape index (κ1) is 17.0. The molecule has 0 aliphatic carbocycles. The van der Waals surface area contributed by atoms with Crippen molar-refractivity contribution in [1.82, 2.24) is 4.90 Å². The summed E-state index contributed by atoms with van der Waals surface area (Å²) in [4.78, 5) is 12.9. The van der Waals surface area contributed by atoms with Crippen LogP contribution in [0.25, 0.3) is 0 Å². The van der Waals surface area contributed by atoms with E-state index in [0.29, 0.717) is 31.0 Å². The predicted octanol–water partition coefficient (Wildman–Crippen LogP) is 3.34. The summed E-state index contributed by atoms with van der Waals surface area (Å²) in [6.07, 6.45) is 0. The molecular weight excluding hydrogens is 297 g/mol. The van der Waals surface area contributed by atoms with Gasteiger partial charge in [0.05, 0.1) is 5.56 Å². The molecule has 0 aliphatic rings. The number of carboxylic acids is 1. The van der Waals surface area contributed by atoms with Crippen LogP contribution in [0.4, 0.5) is 4.39 Å². The highest BCUT2D eigenvalue weighted by Gasteiger charge is 2.08. The largest absolute Gasteiger partial charge is 0.492 e. The topological polar surface area (TPSA) is 49.8 Å². The summed E-state index contributed by atoms with van der Waals surface area (Å²) in [6.45, 7) is 3.39. The minimum Gasteiger partial charge on any atom is -0.492 e. The molecule has 0 heterocycles. The van der Waals surface area contributed by atoms with Crippen molar-refractivity contribution in [2.75, 3.05) is 20.2 Å². The fourth-order valence-electron chi connectivity index (χ4n) is 2.25. The Morgan fingerprint density at radius 1 is 1.26 bits per heavy atom. The molecule has 0 spiro atoms. The van der Waals surface area contributed by atoms with E-state index in [4.69, 9.17) is 9.84 Å². The number of ether oxygens (including phenoxy) is 1. The normalized spacial score (nSPS) is 10.8. The van der Waals surface area contributed by atoms with Crippen LogP contribution in [0, 0.1) is 12.7 Å². The minimum absolute atomic E-state index is 0.208. The van der Waals surface area contributed by atoms with Crippen LogP contribution in [0.3, 0.4) is 0 Å². The van der Waals surface area contributed by atoms with Crippen LogP contribution in [0.5, 0.6) is 5.75 Å². The average molecular weight is 317 g/mol. The number of hydrogen-bond acceptors (Lipinski definition) is 3. The molecule has 0 aliphatic heterocycles. The summed E-state index contributed by atoms with van der Waals surface area (Å²) in [7, 11) is 1.90. The molecule has 0 saturated heterocycles. The number of benzene rings is 2. The third-order valence-corrected chi connectivity index (χ3v) is 3.55. The van der Waals surface area contributed by atoms with E-state index < -0.39 is 5.97 Å². The van der Waals surface area contributed by atoms with Gasteiger partial charge in [-0.25, -0.2) is 9.18 Å². The zero-order valence-corrected chi connectivity index (χ0v) is 13.3. The van der Waals surface area contributed by atoms with Gasteiger partial charge in [0.15, 0.2) is 0 Å². The SMILES string of the molecule is Cc1cc(C(=O)O)ccc1OCCN(C)Cc1ccccc1F. The van der Waals surface area contributed by atoms with E-state index in [2.05, 4.69) is 0 Å². The van der Waals surface area contributed by atoms with E-state index in [1.165, 1.54) is 12.1 Å². The summed E-state index contributed by atoms with van der Waals surface area (Å²) in [5.41, 5.74) is 1.67. The first-order valence-electron chi connectivity index (χ1n) is 7.36. The fraction of sp³-hybridized carbons (Fsp3) is 0.278. The van der Waals surface area contributed by atoms with Crippen LogP contribution in [-0.4, -0.2) is 36.2 Å². The van der Waals surface area contributed by atoms with Crippen LogP contribution in [0.1, 0.15) is 21.5 Å². The number of hydrogen-bond donors (Lipinski definition) is 1. The van der Waals surface area contributed by atoms with Crippen LogP contribution in [-0.2, 0) is 6.54 Å². The Morgan fingerprint density at radius 3 is 2.65 bits per heavy atom. The molecule has 0 fully saturated rings. The first-order chi connectivity index (χ1) is 11.0. The molecular formula is C18H20FNO3. The lowest BCUT2D eigenvalue weighted by Gasteiger charge is -2.18. The standard InChI is InChI=1S/C18H20FNO3/c1-13-11-14(18(21)22)7-8-17(13)23-10-9-20(2)12-15-5-3-4-6-16(15)19/h3-8,11H,9-10,12H2,1-2H3,(H,21,22). The third kappa shape index (κ3) is 4.79. The summed E-state index contributed by atoms with van der Waals surface area (Å²) >= 11 is 0. The number of carbonyl (C=O) groups is 1. The monoisotopic (exact) mass is 317 g/mol. The van der Waals surface area contributed by atoms with Crippen molar-refractivity contribution < 1.29 is 19.0 Å². The number of carboxylic acid groups (broad SMARTS) is 1. The van der Waals surface area contributed by atoms with Crippen molar-refractivity contribution in [3.63, 3.8) is 0 Å². The van der Waals surface area contributed by atoms with Crippen LogP contribution in [0.2, 0.25) is 0 Å². The van der Waals surface area contributed by atoms with Crippen LogP contribution >= 0.6 is 0 Å². The number of likely N-dealkylation sites (N-methyl/N-ethyl adjacent to an activating group) is 1. The molecule has 1 N–H and O–H groups in total. The Hall–Kier alpha value is -2.40. The smallest absolute Gasteiger partial charge is 0.335 e. The molecule has 5 heteroatoms. The zero-order valence-electron chi connectivity index (χ0n) is 13.3. The van der Waals surface area contributed by atoms with Crippen molar-refractivity contribution in [3.05, 3.63) is 65.0 Å². The van der Waals surface area contributed by atoms with Crippen molar-refractivity contribution in [2.24, 2.45) is 0 Å². The van der Waals surface area contributed by atoms with E-state index in [1.807, 2.05) is 24.9 Å². The second-order valence-corrected chi connectivity index (χ2v) is 5.46. The highest BCUT2D eigenvalue weighted by Crippen LogP contribution is 2.19. The van der Waals surface area contributed by atoms with Gasteiger partial charge in [-0.05, 0) is 43.8 Å². The number of halogens is 1. The van der Waals surface area contributed by atoms with Gasteiger partial charge in [0, 0.05) is 18.7 Å². The van der Waals surface area contributed by atoms with Gasteiger partial charge < -0.3 is 9.84 Å². The van der Waals surface area contributed by atoms with E-state index >= 15 is 0 Å². The lowest BCUT2D eigenvalue weighted by Crippen LogP contribution is -2.24. The fourth-order valence-corrected chi connectivity index (χ4v) is 2.25. The number of aromatic carboxylic acids is 1. The minimum atomic E-state index is -0.954. The van der Waals surface area contributed by atoms with Crippen molar-refractivity contribution in [1.29, 1.82) is 0 Å². The molecule has 4 nitrogen and oxygen atoms in total. The maximum Gasteiger partial charge on any atom is 0.335 e. The lowest BCUT2D eigenvalue weighted by atomic mass is 10.1.